The zero-order chi connectivity index (χ0) is 19.3. The second kappa shape index (κ2) is 9.76. The molecule has 150 valence electrons. The van der Waals surface area contributed by atoms with Crippen molar-refractivity contribution in [3.05, 3.63) is 71.9 Å². The number of nitrogens with zero attached hydrogens (tertiary/aromatic N) is 3. The highest BCUT2D eigenvalue weighted by molar-refractivity contribution is 5.93. The van der Waals surface area contributed by atoms with Gasteiger partial charge in [0.2, 0.25) is 0 Å². The van der Waals surface area contributed by atoms with Gasteiger partial charge in [-0.3, -0.25) is 0 Å². The van der Waals surface area contributed by atoms with Crippen molar-refractivity contribution < 1.29 is 5.11 Å². The molecular weight excluding hydrogens is 382 g/mol. The van der Waals surface area contributed by atoms with Crippen LogP contribution in [-0.4, -0.2) is 47.7 Å². The van der Waals surface area contributed by atoms with Crippen LogP contribution in [0.5, 0.6) is 0 Å². The maximum Gasteiger partial charge on any atom is 0.140 e. The van der Waals surface area contributed by atoms with Crippen molar-refractivity contribution >= 4 is 29.0 Å². The van der Waals surface area contributed by atoms with E-state index in [2.05, 4.69) is 46.8 Å². The summed E-state index contributed by atoms with van der Waals surface area (Å²) in [5, 5.41) is 12.6. The second-order valence-corrected chi connectivity index (χ2v) is 7.06. The fourth-order valence-corrected chi connectivity index (χ4v) is 3.62. The first-order chi connectivity index (χ1) is 13.7. The van der Waals surface area contributed by atoms with E-state index in [4.69, 9.17) is 4.98 Å². The van der Waals surface area contributed by atoms with Crippen LogP contribution in [0.2, 0.25) is 0 Å². The molecule has 0 aliphatic carbocycles. The molecule has 0 spiro atoms. The van der Waals surface area contributed by atoms with E-state index in [1.54, 1.807) is 0 Å². The van der Waals surface area contributed by atoms with Crippen molar-refractivity contribution in [1.29, 1.82) is 0 Å². The number of aromatic nitrogens is 1. The zero-order valence-electron chi connectivity index (χ0n) is 16.6. The fourth-order valence-electron chi connectivity index (χ4n) is 3.62. The molecule has 0 saturated carbocycles. The lowest BCUT2D eigenvalue weighted by Crippen LogP contribution is -2.46. The zero-order valence-corrected chi connectivity index (χ0v) is 17.4. The molecule has 2 heterocycles. The molecule has 1 saturated heterocycles. The first kappa shape index (κ1) is 21.1. The van der Waals surface area contributed by atoms with Gasteiger partial charge in [-0.15, -0.1) is 12.4 Å². The maximum absolute atomic E-state index is 10.4. The summed E-state index contributed by atoms with van der Waals surface area (Å²) in [7, 11) is 0. The molecule has 1 aliphatic rings. The molecule has 0 bridgehead atoms. The molecule has 4 nitrogen and oxygen atoms in total. The topological polar surface area (TPSA) is 39.6 Å². The normalized spacial score (nSPS) is 15.3. The largest absolute Gasteiger partial charge is 0.376 e. The van der Waals surface area contributed by atoms with E-state index in [-0.39, 0.29) is 12.4 Å². The van der Waals surface area contributed by atoms with Crippen molar-refractivity contribution in [2.45, 2.75) is 13.0 Å². The van der Waals surface area contributed by atoms with E-state index < -0.39 is 6.10 Å². The van der Waals surface area contributed by atoms with Crippen molar-refractivity contribution in [2.75, 3.05) is 37.6 Å². The average molecular weight is 408 g/mol. The van der Waals surface area contributed by atoms with Crippen LogP contribution in [0.25, 0.3) is 10.8 Å². The number of benzene rings is 2. The third kappa shape index (κ3) is 4.89. The predicted molar refractivity (Wildman–Crippen MR) is 122 cm³/mol. The molecule has 5 heteroatoms. The van der Waals surface area contributed by atoms with Crippen LogP contribution in [0.1, 0.15) is 24.3 Å². The molecule has 0 amide bonds. The molecule has 2 aromatic carbocycles. The number of piperazine rings is 1. The van der Waals surface area contributed by atoms with Crippen LogP contribution in [0.3, 0.4) is 0 Å². The highest BCUT2D eigenvalue weighted by Crippen LogP contribution is 2.26. The lowest BCUT2D eigenvalue weighted by atomic mass is 10.1. The number of pyridine rings is 1. The van der Waals surface area contributed by atoms with Crippen molar-refractivity contribution in [3.63, 3.8) is 0 Å². The first-order valence-corrected chi connectivity index (χ1v) is 9.86. The SMILES string of the molecule is CCN1CCN(c2nc(C#CC(O)c3ccccc3)cc3ccccc23)CC1.Cl. The first-order valence-electron chi connectivity index (χ1n) is 9.86. The number of halogens is 1. The van der Waals surface area contributed by atoms with E-state index in [9.17, 15) is 5.11 Å². The van der Waals surface area contributed by atoms with E-state index in [1.807, 2.05) is 42.5 Å². The Morgan fingerprint density at radius 2 is 1.69 bits per heavy atom. The summed E-state index contributed by atoms with van der Waals surface area (Å²) in [6.45, 7) is 7.33. The van der Waals surface area contributed by atoms with Crippen molar-refractivity contribution in [2.24, 2.45) is 0 Å². The van der Waals surface area contributed by atoms with Gasteiger partial charge in [0.15, 0.2) is 0 Å². The Kier molecular flexibility index (Phi) is 7.11. The van der Waals surface area contributed by atoms with Gasteiger partial charge in [-0.05, 0) is 29.5 Å². The number of aliphatic hydroxyl groups excluding tert-OH is 1. The van der Waals surface area contributed by atoms with Gasteiger partial charge < -0.3 is 14.9 Å². The number of rotatable bonds is 3. The monoisotopic (exact) mass is 407 g/mol. The summed E-state index contributed by atoms with van der Waals surface area (Å²) in [6, 6.07) is 19.8. The fraction of sp³-hybridized carbons (Fsp3) is 0.292. The summed E-state index contributed by atoms with van der Waals surface area (Å²) in [4.78, 5) is 9.68. The second-order valence-electron chi connectivity index (χ2n) is 7.06. The molecule has 1 atom stereocenters. The number of aliphatic hydroxyl groups is 1. The lowest BCUT2D eigenvalue weighted by Gasteiger charge is -2.35. The third-order valence-electron chi connectivity index (χ3n) is 5.29. The summed E-state index contributed by atoms with van der Waals surface area (Å²) in [6.07, 6.45) is -0.814. The van der Waals surface area contributed by atoms with Crippen LogP contribution >= 0.6 is 12.4 Å². The molecule has 1 unspecified atom stereocenters. The van der Waals surface area contributed by atoms with Gasteiger partial charge in [-0.1, -0.05) is 67.4 Å². The predicted octanol–water partition coefficient (Wildman–Crippen LogP) is 3.88. The summed E-state index contributed by atoms with van der Waals surface area (Å²) < 4.78 is 0. The van der Waals surface area contributed by atoms with Crippen LogP contribution in [0, 0.1) is 11.8 Å². The Morgan fingerprint density at radius 3 is 2.41 bits per heavy atom. The van der Waals surface area contributed by atoms with Crippen molar-refractivity contribution in [3.8, 4) is 11.8 Å². The highest BCUT2D eigenvalue weighted by Gasteiger charge is 2.19. The number of likely N-dealkylation sites (N-methyl/N-ethyl adjacent to an activating group) is 1. The Balaban J connectivity index is 0.00000240. The summed E-state index contributed by atoms with van der Waals surface area (Å²) >= 11 is 0. The molecule has 1 aromatic heterocycles. The van der Waals surface area contributed by atoms with E-state index in [0.29, 0.717) is 5.69 Å². The molecule has 3 aromatic rings. The molecule has 0 radical (unpaired) electrons. The minimum atomic E-state index is -0.814. The van der Waals surface area contributed by atoms with E-state index >= 15 is 0 Å². The van der Waals surface area contributed by atoms with Crippen LogP contribution in [0.15, 0.2) is 60.7 Å². The number of hydrogen-bond donors (Lipinski definition) is 1. The van der Waals surface area contributed by atoms with Gasteiger partial charge in [-0.2, -0.15) is 0 Å². The Bertz CT molecular complexity index is 1000. The van der Waals surface area contributed by atoms with Gasteiger partial charge in [0.1, 0.15) is 17.6 Å². The molecule has 1 fully saturated rings. The van der Waals surface area contributed by atoms with Gasteiger partial charge in [0.05, 0.1) is 0 Å². The molecule has 1 N–H and O–H groups in total. The molecule has 1 aliphatic heterocycles. The minimum Gasteiger partial charge on any atom is -0.376 e. The van der Waals surface area contributed by atoms with Crippen LogP contribution in [-0.2, 0) is 0 Å². The van der Waals surface area contributed by atoms with Crippen LogP contribution in [0.4, 0.5) is 5.82 Å². The van der Waals surface area contributed by atoms with Gasteiger partial charge in [0, 0.05) is 31.6 Å². The average Bonchev–Trinajstić information content (AvgIpc) is 2.77. The number of hydrogen-bond acceptors (Lipinski definition) is 4. The van der Waals surface area contributed by atoms with E-state index in [0.717, 1.165) is 54.9 Å². The summed E-state index contributed by atoms with van der Waals surface area (Å²) in [5.41, 5.74) is 1.49. The maximum atomic E-state index is 10.4. The molecule has 29 heavy (non-hydrogen) atoms. The van der Waals surface area contributed by atoms with Gasteiger partial charge >= 0.3 is 0 Å². The van der Waals surface area contributed by atoms with Gasteiger partial charge in [0.25, 0.3) is 0 Å². The number of anilines is 1. The van der Waals surface area contributed by atoms with Crippen LogP contribution < -0.4 is 4.90 Å². The standard InChI is InChI=1S/C24H25N3O.ClH/c1-2-26-14-16-27(17-15-26)24-22-11-7-6-10-20(22)18-21(25-24)12-13-23(28)19-8-4-3-5-9-19;/h3-11,18,23,28H,2,14-17H2,1H3;1H. The summed E-state index contributed by atoms with van der Waals surface area (Å²) in [5.74, 6) is 7.02. The smallest absolute Gasteiger partial charge is 0.140 e. The van der Waals surface area contributed by atoms with E-state index in [1.165, 1.54) is 0 Å². The third-order valence-corrected chi connectivity index (χ3v) is 5.29. The highest BCUT2D eigenvalue weighted by atomic mass is 35.5. The Morgan fingerprint density at radius 1 is 1.00 bits per heavy atom. The Labute approximate surface area is 178 Å². The van der Waals surface area contributed by atoms with Crippen molar-refractivity contribution in [1.82, 2.24) is 9.88 Å². The quantitative estimate of drug-likeness (QED) is 0.669. The number of fused-ring (bicyclic) bond motifs is 1. The lowest BCUT2D eigenvalue weighted by molar-refractivity contribution is 0.238. The minimum absolute atomic E-state index is 0. The molecule has 4 rings (SSSR count). The Hall–Kier alpha value is -2.58. The molecular formula is C24H26ClN3O. The van der Waals surface area contributed by atoms with Gasteiger partial charge in [-0.25, -0.2) is 4.98 Å².